The molecular formula is C11H11ClN2O2S2. The number of halogens is 1. The third kappa shape index (κ3) is 3.02. The van der Waals surface area contributed by atoms with Gasteiger partial charge in [-0.05, 0) is 29.6 Å². The molecule has 1 aromatic heterocycles. The first kappa shape index (κ1) is 13.4. The monoisotopic (exact) mass is 302 g/mol. The van der Waals surface area contributed by atoms with Crippen LogP contribution in [0.1, 0.15) is 4.88 Å². The van der Waals surface area contributed by atoms with Crippen molar-refractivity contribution >= 4 is 38.6 Å². The largest absolute Gasteiger partial charge is 0.399 e. The van der Waals surface area contributed by atoms with E-state index in [9.17, 15) is 8.42 Å². The molecule has 0 amide bonds. The Bertz CT molecular complexity index is 639. The van der Waals surface area contributed by atoms with Gasteiger partial charge in [0.2, 0.25) is 10.0 Å². The van der Waals surface area contributed by atoms with Crippen molar-refractivity contribution in [2.24, 2.45) is 0 Å². The van der Waals surface area contributed by atoms with E-state index >= 15 is 0 Å². The second-order valence-corrected chi connectivity index (χ2v) is 6.77. The summed E-state index contributed by atoms with van der Waals surface area (Å²) in [6, 6.07) is 8.05. The van der Waals surface area contributed by atoms with Crippen LogP contribution in [0.3, 0.4) is 0 Å². The van der Waals surface area contributed by atoms with Gasteiger partial charge < -0.3 is 5.73 Å². The molecule has 0 atom stereocenters. The molecule has 2 aromatic rings. The Labute approximate surface area is 114 Å². The fraction of sp³-hybridized carbons (Fsp3) is 0.0909. The molecule has 0 saturated carbocycles. The molecule has 0 unspecified atom stereocenters. The van der Waals surface area contributed by atoms with Crippen molar-refractivity contribution in [3.63, 3.8) is 0 Å². The van der Waals surface area contributed by atoms with Crippen molar-refractivity contribution in [3.8, 4) is 0 Å². The van der Waals surface area contributed by atoms with E-state index in [2.05, 4.69) is 4.72 Å². The van der Waals surface area contributed by atoms with E-state index in [1.54, 1.807) is 0 Å². The van der Waals surface area contributed by atoms with Crippen molar-refractivity contribution in [2.75, 3.05) is 5.73 Å². The molecule has 0 bridgehead atoms. The van der Waals surface area contributed by atoms with Crippen LogP contribution in [-0.2, 0) is 16.6 Å². The molecular weight excluding hydrogens is 292 g/mol. The second kappa shape index (κ2) is 5.27. The minimum absolute atomic E-state index is 0.0370. The first-order valence-electron chi connectivity index (χ1n) is 5.06. The van der Waals surface area contributed by atoms with Crippen LogP contribution in [0.4, 0.5) is 5.69 Å². The highest BCUT2D eigenvalue weighted by Crippen LogP contribution is 2.23. The van der Waals surface area contributed by atoms with Gasteiger partial charge in [-0.1, -0.05) is 17.7 Å². The normalized spacial score (nSPS) is 11.6. The molecule has 4 nitrogen and oxygen atoms in total. The maximum absolute atomic E-state index is 12.0. The van der Waals surface area contributed by atoms with Crippen molar-refractivity contribution in [1.29, 1.82) is 0 Å². The molecule has 7 heteroatoms. The SMILES string of the molecule is Nc1ccc(S(=O)(=O)NCc2cccs2)c(Cl)c1. The van der Waals surface area contributed by atoms with Crippen molar-refractivity contribution in [3.05, 3.63) is 45.6 Å². The lowest BCUT2D eigenvalue weighted by Gasteiger charge is -2.07. The van der Waals surface area contributed by atoms with Gasteiger partial charge in [0.25, 0.3) is 0 Å². The summed E-state index contributed by atoms with van der Waals surface area (Å²) in [5.41, 5.74) is 5.95. The Hall–Kier alpha value is -1.08. The van der Waals surface area contributed by atoms with E-state index in [1.807, 2.05) is 17.5 Å². The highest BCUT2D eigenvalue weighted by molar-refractivity contribution is 7.89. The summed E-state index contributed by atoms with van der Waals surface area (Å²) < 4.78 is 26.6. The van der Waals surface area contributed by atoms with E-state index in [0.29, 0.717) is 5.69 Å². The summed E-state index contributed by atoms with van der Waals surface area (Å²) in [7, 11) is -3.61. The molecule has 0 aliphatic rings. The van der Waals surface area contributed by atoms with Crippen LogP contribution in [0.25, 0.3) is 0 Å². The maximum atomic E-state index is 12.0. The summed E-state index contributed by atoms with van der Waals surface area (Å²) in [4.78, 5) is 0.972. The number of nitrogen functional groups attached to an aromatic ring is 1. The Morgan fingerprint density at radius 2 is 2.11 bits per heavy atom. The molecule has 0 saturated heterocycles. The van der Waals surface area contributed by atoms with Gasteiger partial charge in [0, 0.05) is 17.1 Å². The van der Waals surface area contributed by atoms with Gasteiger partial charge in [-0.15, -0.1) is 11.3 Å². The van der Waals surface area contributed by atoms with Crippen molar-refractivity contribution in [2.45, 2.75) is 11.4 Å². The fourth-order valence-corrected chi connectivity index (χ4v) is 3.69. The van der Waals surface area contributed by atoms with Crippen LogP contribution < -0.4 is 10.5 Å². The molecule has 0 aliphatic heterocycles. The van der Waals surface area contributed by atoms with E-state index in [1.165, 1.54) is 29.5 Å². The average molecular weight is 303 g/mol. The van der Waals surface area contributed by atoms with E-state index in [0.717, 1.165) is 4.88 Å². The predicted octanol–water partition coefficient (Wildman–Crippen LogP) is 2.46. The highest BCUT2D eigenvalue weighted by atomic mass is 35.5. The molecule has 0 aliphatic carbocycles. The second-order valence-electron chi connectivity index (χ2n) is 3.59. The van der Waals surface area contributed by atoms with Crippen LogP contribution in [0.5, 0.6) is 0 Å². The summed E-state index contributed by atoms with van der Waals surface area (Å²) >= 11 is 7.36. The fourth-order valence-electron chi connectivity index (χ4n) is 1.39. The topological polar surface area (TPSA) is 72.2 Å². The van der Waals surface area contributed by atoms with Gasteiger partial charge >= 0.3 is 0 Å². The maximum Gasteiger partial charge on any atom is 0.242 e. The van der Waals surface area contributed by atoms with E-state index in [-0.39, 0.29) is 16.5 Å². The first-order chi connectivity index (χ1) is 8.49. The number of nitrogens with two attached hydrogens (primary N) is 1. The third-order valence-electron chi connectivity index (χ3n) is 2.26. The van der Waals surface area contributed by atoms with Gasteiger partial charge in [-0.2, -0.15) is 0 Å². The lowest BCUT2D eigenvalue weighted by Crippen LogP contribution is -2.23. The number of rotatable bonds is 4. The number of thiophene rings is 1. The summed E-state index contributed by atoms with van der Waals surface area (Å²) in [5.74, 6) is 0. The van der Waals surface area contributed by atoms with Gasteiger partial charge in [0.15, 0.2) is 0 Å². The number of sulfonamides is 1. The molecule has 2 rings (SSSR count). The smallest absolute Gasteiger partial charge is 0.242 e. The van der Waals surface area contributed by atoms with Crippen LogP contribution in [0.15, 0.2) is 40.6 Å². The Morgan fingerprint density at radius 3 is 2.72 bits per heavy atom. The number of hydrogen-bond donors (Lipinski definition) is 2. The van der Waals surface area contributed by atoms with E-state index < -0.39 is 10.0 Å². The molecule has 0 spiro atoms. The Morgan fingerprint density at radius 1 is 1.33 bits per heavy atom. The zero-order valence-electron chi connectivity index (χ0n) is 9.26. The van der Waals surface area contributed by atoms with E-state index in [4.69, 9.17) is 17.3 Å². The highest BCUT2D eigenvalue weighted by Gasteiger charge is 2.17. The van der Waals surface area contributed by atoms with Crippen LogP contribution in [0.2, 0.25) is 5.02 Å². The van der Waals surface area contributed by atoms with Crippen LogP contribution in [0, 0.1) is 0 Å². The van der Waals surface area contributed by atoms with Gasteiger partial charge in [-0.3, -0.25) is 0 Å². The molecule has 1 heterocycles. The number of benzene rings is 1. The van der Waals surface area contributed by atoms with Crippen molar-refractivity contribution < 1.29 is 8.42 Å². The standard InChI is InChI=1S/C11H11ClN2O2S2/c12-10-6-8(13)3-4-11(10)18(15,16)14-7-9-2-1-5-17-9/h1-6,14H,7,13H2. The molecule has 3 N–H and O–H groups in total. The van der Waals surface area contributed by atoms with Gasteiger partial charge in [0.1, 0.15) is 4.90 Å². The molecule has 1 aromatic carbocycles. The number of anilines is 1. The lowest BCUT2D eigenvalue weighted by atomic mass is 10.3. The van der Waals surface area contributed by atoms with Gasteiger partial charge in [0.05, 0.1) is 5.02 Å². The van der Waals surface area contributed by atoms with Crippen LogP contribution >= 0.6 is 22.9 Å². The van der Waals surface area contributed by atoms with Crippen LogP contribution in [-0.4, -0.2) is 8.42 Å². The summed E-state index contributed by atoms with van der Waals surface area (Å²) in [5, 5.41) is 2.01. The molecule has 0 fully saturated rings. The molecule has 0 radical (unpaired) electrons. The molecule has 18 heavy (non-hydrogen) atoms. The van der Waals surface area contributed by atoms with Crippen molar-refractivity contribution in [1.82, 2.24) is 4.72 Å². The summed E-state index contributed by atoms with van der Waals surface area (Å²) in [6.07, 6.45) is 0. The number of hydrogen-bond acceptors (Lipinski definition) is 4. The zero-order chi connectivity index (χ0) is 13.2. The molecule has 96 valence electrons. The Balaban J connectivity index is 2.20. The lowest BCUT2D eigenvalue weighted by molar-refractivity contribution is 0.582. The quantitative estimate of drug-likeness (QED) is 0.852. The first-order valence-corrected chi connectivity index (χ1v) is 7.80. The zero-order valence-corrected chi connectivity index (χ0v) is 11.6. The minimum Gasteiger partial charge on any atom is -0.399 e. The number of nitrogens with one attached hydrogen (secondary N) is 1. The third-order valence-corrected chi connectivity index (χ3v) is 5.02. The van der Waals surface area contributed by atoms with Gasteiger partial charge in [-0.25, -0.2) is 13.1 Å². The Kier molecular flexibility index (Phi) is 3.91. The average Bonchev–Trinajstić information content (AvgIpc) is 2.78. The summed E-state index contributed by atoms with van der Waals surface area (Å²) in [6.45, 7) is 0.251. The predicted molar refractivity (Wildman–Crippen MR) is 74.2 cm³/mol. The minimum atomic E-state index is -3.61.